The third-order valence-corrected chi connectivity index (χ3v) is 6.95. The van der Waals surface area contributed by atoms with Gasteiger partial charge in [0.15, 0.2) is 0 Å². The van der Waals surface area contributed by atoms with Crippen molar-refractivity contribution in [2.24, 2.45) is 5.73 Å². The Morgan fingerprint density at radius 2 is 1.77 bits per heavy atom. The number of amides is 3. The molecule has 3 aromatic rings. The van der Waals surface area contributed by atoms with Gasteiger partial charge in [0.05, 0.1) is 5.56 Å². The molecule has 0 spiro atoms. The number of primary amides is 1. The molecular weight excluding hydrogens is 581 g/mol. The van der Waals surface area contributed by atoms with Crippen molar-refractivity contribution < 1.29 is 18.7 Å². The Labute approximate surface area is 219 Å². The molecule has 1 fully saturated rings. The number of carbonyl (C=O) groups excluding carboxylic acids is 2. The molecule has 1 saturated heterocycles. The van der Waals surface area contributed by atoms with Gasteiger partial charge in [-0.3, -0.25) is 4.79 Å². The molecule has 1 heterocycles. The monoisotopic (exact) mass is 603 g/mol. The molecule has 35 heavy (non-hydrogen) atoms. The van der Waals surface area contributed by atoms with Crippen LogP contribution in [0.15, 0.2) is 69.6 Å². The van der Waals surface area contributed by atoms with E-state index in [2.05, 4.69) is 37.2 Å². The average molecular weight is 605 g/mol. The molecule has 0 radical (unpaired) electrons. The van der Waals surface area contributed by atoms with Crippen LogP contribution in [0.2, 0.25) is 0 Å². The standard InChI is InChI=1S/C26H24Br2FN3O3/c27-18-3-1-2-16(12-18)15-35-24-7-5-20(14-22(24)25(30)33)31-26(34)32-10-8-17(9-11-32)21-6-4-19(28)13-23(21)29/h1-7,12-14,17H,8-11,15H2,(H2,30,33)(H,31,34). The minimum Gasteiger partial charge on any atom is -0.488 e. The van der Waals surface area contributed by atoms with E-state index in [9.17, 15) is 14.0 Å². The molecule has 9 heteroatoms. The molecule has 0 saturated carbocycles. The number of ether oxygens (including phenoxy) is 1. The first-order valence-electron chi connectivity index (χ1n) is 11.1. The highest BCUT2D eigenvalue weighted by Gasteiger charge is 2.26. The van der Waals surface area contributed by atoms with Crippen LogP contribution in [0.5, 0.6) is 5.75 Å². The van der Waals surface area contributed by atoms with Crippen molar-refractivity contribution in [1.82, 2.24) is 4.90 Å². The summed E-state index contributed by atoms with van der Waals surface area (Å²) in [4.78, 5) is 26.5. The number of halogens is 3. The molecule has 0 bridgehead atoms. The van der Waals surface area contributed by atoms with Crippen LogP contribution >= 0.6 is 31.9 Å². The van der Waals surface area contributed by atoms with Crippen LogP contribution in [0.3, 0.4) is 0 Å². The average Bonchev–Trinajstić information content (AvgIpc) is 2.83. The zero-order valence-corrected chi connectivity index (χ0v) is 21.9. The third kappa shape index (κ3) is 6.41. The van der Waals surface area contributed by atoms with Gasteiger partial charge in [-0.2, -0.15) is 0 Å². The maximum Gasteiger partial charge on any atom is 0.321 e. The van der Waals surface area contributed by atoms with E-state index in [0.717, 1.165) is 10.0 Å². The van der Waals surface area contributed by atoms with Gasteiger partial charge in [0.25, 0.3) is 5.91 Å². The molecule has 3 N–H and O–H groups in total. The van der Waals surface area contributed by atoms with Gasteiger partial charge in [-0.1, -0.05) is 50.1 Å². The van der Waals surface area contributed by atoms with Crippen LogP contribution in [0, 0.1) is 5.82 Å². The van der Waals surface area contributed by atoms with Gasteiger partial charge in [-0.25, -0.2) is 9.18 Å². The predicted molar refractivity (Wildman–Crippen MR) is 140 cm³/mol. The number of nitrogens with zero attached hydrogens (tertiary/aromatic N) is 1. The summed E-state index contributed by atoms with van der Waals surface area (Å²) in [5.74, 6) is -0.478. The summed E-state index contributed by atoms with van der Waals surface area (Å²) in [7, 11) is 0. The topological polar surface area (TPSA) is 84.7 Å². The fourth-order valence-corrected chi connectivity index (χ4v) is 4.92. The van der Waals surface area contributed by atoms with Crippen molar-refractivity contribution >= 4 is 49.5 Å². The van der Waals surface area contributed by atoms with Crippen LogP contribution in [0.4, 0.5) is 14.9 Å². The highest BCUT2D eigenvalue weighted by molar-refractivity contribution is 9.10. The second kappa shape index (κ2) is 11.2. The number of nitrogens with one attached hydrogen (secondary N) is 1. The number of nitrogens with two attached hydrogens (primary N) is 1. The van der Waals surface area contributed by atoms with Gasteiger partial charge < -0.3 is 20.7 Å². The number of piperidine rings is 1. The number of anilines is 1. The van der Waals surface area contributed by atoms with E-state index in [0.29, 0.717) is 47.4 Å². The largest absolute Gasteiger partial charge is 0.488 e. The Morgan fingerprint density at radius 1 is 1.03 bits per heavy atom. The zero-order valence-electron chi connectivity index (χ0n) is 18.8. The molecule has 1 aliphatic heterocycles. The molecule has 0 unspecified atom stereocenters. The van der Waals surface area contributed by atoms with Crippen LogP contribution in [-0.4, -0.2) is 29.9 Å². The van der Waals surface area contributed by atoms with Crippen LogP contribution in [-0.2, 0) is 6.61 Å². The molecule has 4 rings (SSSR count). The molecule has 1 aliphatic rings. The molecule has 3 amide bonds. The van der Waals surface area contributed by atoms with Crippen LogP contribution in [0.1, 0.15) is 40.2 Å². The highest BCUT2D eigenvalue weighted by Crippen LogP contribution is 2.31. The van der Waals surface area contributed by atoms with E-state index in [1.54, 1.807) is 23.1 Å². The lowest BCUT2D eigenvalue weighted by Crippen LogP contribution is -2.40. The van der Waals surface area contributed by atoms with Crippen molar-refractivity contribution in [3.05, 3.63) is 92.1 Å². The second-order valence-electron chi connectivity index (χ2n) is 8.35. The Kier molecular flexibility index (Phi) is 8.07. The number of likely N-dealkylation sites (tertiary alicyclic amines) is 1. The van der Waals surface area contributed by atoms with Gasteiger partial charge in [0, 0.05) is 27.7 Å². The molecule has 0 aliphatic carbocycles. The highest BCUT2D eigenvalue weighted by atomic mass is 79.9. The summed E-state index contributed by atoms with van der Waals surface area (Å²) in [5, 5.41) is 2.83. The van der Waals surface area contributed by atoms with E-state index >= 15 is 0 Å². The summed E-state index contributed by atoms with van der Waals surface area (Å²) < 4.78 is 21.8. The van der Waals surface area contributed by atoms with Gasteiger partial charge >= 0.3 is 6.03 Å². The van der Waals surface area contributed by atoms with Crippen LogP contribution < -0.4 is 15.8 Å². The quantitative estimate of drug-likeness (QED) is 0.339. The molecule has 0 aromatic heterocycles. The van der Waals surface area contributed by atoms with E-state index in [-0.39, 0.29) is 29.9 Å². The zero-order chi connectivity index (χ0) is 24.9. The maximum atomic E-state index is 14.3. The Hall–Kier alpha value is -2.91. The Balaban J connectivity index is 1.37. The fraction of sp³-hybridized carbons (Fsp3) is 0.231. The van der Waals surface area contributed by atoms with Crippen molar-refractivity contribution in [1.29, 1.82) is 0 Å². The smallest absolute Gasteiger partial charge is 0.321 e. The molecule has 182 valence electrons. The lowest BCUT2D eigenvalue weighted by Gasteiger charge is -2.32. The van der Waals surface area contributed by atoms with Gasteiger partial charge in [-0.05, 0) is 72.4 Å². The van der Waals surface area contributed by atoms with Crippen LogP contribution in [0.25, 0.3) is 0 Å². The number of urea groups is 1. The summed E-state index contributed by atoms with van der Waals surface area (Å²) in [6.45, 7) is 1.27. The SMILES string of the molecule is NC(=O)c1cc(NC(=O)N2CCC(c3ccc(Br)cc3F)CC2)ccc1OCc1cccc(Br)c1. The second-order valence-corrected chi connectivity index (χ2v) is 10.2. The van der Waals surface area contributed by atoms with E-state index in [4.69, 9.17) is 10.5 Å². The van der Waals surface area contributed by atoms with Gasteiger partial charge in [0.2, 0.25) is 0 Å². The van der Waals surface area contributed by atoms with E-state index in [1.165, 1.54) is 12.1 Å². The van der Waals surface area contributed by atoms with Crippen molar-refractivity contribution in [3.8, 4) is 5.75 Å². The van der Waals surface area contributed by atoms with Gasteiger partial charge in [-0.15, -0.1) is 0 Å². The van der Waals surface area contributed by atoms with Crippen molar-refractivity contribution in [2.45, 2.75) is 25.4 Å². The number of hydrogen-bond donors (Lipinski definition) is 2. The van der Waals surface area contributed by atoms with Crippen molar-refractivity contribution in [3.63, 3.8) is 0 Å². The molecular formula is C26H24Br2FN3O3. The Bertz CT molecular complexity index is 1250. The van der Waals surface area contributed by atoms with E-state index < -0.39 is 5.91 Å². The fourth-order valence-electron chi connectivity index (χ4n) is 4.14. The van der Waals surface area contributed by atoms with Gasteiger partial charge in [0.1, 0.15) is 18.2 Å². The normalized spacial score (nSPS) is 14.0. The van der Waals surface area contributed by atoms with E-state index in [1.807, 2.05) is 30.3 Å². The molecule has 0 atom stereocenters. The lowest BCUT2D eigenvalue weighted by atomic mass is 9.89. The molecule has 3 aromatic carbocycles. The lowest BCUT2D eigenvalue weighted by molar-refractivity contribution is 0.0996. The predicted octanol–water partition coefficient (Wildman–Crippen LogP) is 6.44. The Morgan fingerprint density at radius 3 is 2.46 bits per heavy atom. The number of carbonyl (C=O) groups is 2. The summed E-state index contributed by atoms with van der Waals surface area (Å²) in [5.41, 5.74) is 7.79. The summed E-state index contributed by atoms with van der Waals surface area (Å²) in [6.07, 6.45) is 1.34. The minimum atomic E-state index is -0.650. The first-order chi connectivity index (χ1) is 16.8. The maximum absolute atomic E-state index is 14.3. The summed E-state index contributed by atoms with van der Waals surface area (Å²) >= 11 is 6.70. The molecule has 6 nitrogen and oxygen atoms in total. The summed E-state index contributed by atoms with van der Waals surface area (Å²) in [6, 6.07) is 17.3. The minimum absolute atomic E-state index is 0.0651. The van der Waals surface area contributed by atoms with Crippen molar-refractivity contribution in [2.75, 3.05) is 18.4 Å². The number of benzene rings is 3. The first kappa shape index (κ1) is 25.2. The number of rotatable bonds is 6. The third-order valence-electron chi connectivity index (χ3n) is 5.96. The first-order valence-corrected chi connectivity index (χ1v) is 12.7. The number of hydrogen-bond acceptors (Lipinski definition) is 3.